The van der Waals surface area contributed by atoms with Crippen molar-refractivity contribution in [3.8, 4) is 17.2 Å². The van der Waals surface area contributed by atoms with Gasteiger partial charge in [0.05, 0.1) is 26.9 Å². The predicted octanol–water partition coefficient (Wildman–Crippen LogP) is 3.51. The summed E-state index contributed by atoms with van der Waals surface area (Å²) in [4.78, 5) is 12.6. The lowest BCUT2D eigenvalue weighted by Crippen LogP contribution is -2.26. The molecule has 2 aromatic rings. The van der Waals surface area contributed by atoms with Crippen molar-refractivity contribution in [2.75, 3.05) is 33.6 Å². The number of ether oxygens (including phenoxy) is 3. The van der Waals surface area contributed by atoms with Gasteiger partial charge in [0.1, 0.15) is 5.75 Å². The Kier molecular flexibility index (Phi) is 6.61. The van der Waals surface area contributed by atoms with Crippen LogP contribution in [0.1, 0.15) is 34.3 Å². The summed E-state index contributed by atoms with van der Waals surface area (Å²) in [6, 6.07) is 8.57. The van der Waals surface area contributed by atoms with Crippen LogP contribution in [0.15, 0.2) is 36.4 Å². The SMILES string of the molecule is COc1ccc(/C=C/C(=[N-])c2c(N)ccc(C(=O)NCC3CC3)c2OC)cc1OC. The summed E-state index contributed by atoms with van der Waals surface area (Å²) in [7, 11) is 4.57. The molecule has 0 saturated heterocycles. The summed E-state index contributed by atoms with van der Waals surface area (Å²) in [6.45, 7) is 0.636. The molecule has 7 heteroatoms. The van der Waals surface area contributed by atoms with Crippen LogP contribution in [-0.4, -0.2) is 39.5 Å². The number of hydrogen-bond acceptors (Lipinski definition) is 5. The highest BCUT2D eigenvalue weighted by atomic mass is 16.5. The van der Waals surface area contributed by atoms with Gasteiger partial charge < -0.3 is 30.7 Å². The molecule has 0 atom stereocenters. The number of anilines is 1. The highest BCUT2D eigenvalue weighted by Gasteiger charge is 2.23. The molecule has 1 amide bonds. The lowest BCUT2D eigenvalue weighted by molar-refractivity contribution is 0.0949. The average molecular weight is 408 g/mol. The number of allylic oxidation sites excluding steroid dienone is 1. The number of rotatable bonds is 9. The molecule has 0 aromatic heterocycles. The van der Waals surface area contributed by atoms with Crippen LogP contribution in [0.5, 0.6) is 17.2 Å². The number of carbonyl (C=O) groups excluding carboxylic acids is 1. The van der Waals surface area contributed by atoms with Gasteiger partial charge in [-0.25, -0.2) is 0 Å². The van der Waals surface area contributed by atoms with Gasteiger partial charge in [-0.05, 0) is 48.6 Å². The molecule has 2 aromatic carbocycles. The van der Waals surface area contributed by atoms with E-state index in [9.17, 15) is 10.2 Å². The minimum Gasteiger partial charge on any atom is -0.803 e. The van der Waals surface area contributed by atoms with E-state index in [4.69, 9.17) is 19.9 Å². The zero-order valence-electron chi connectivity index (χ0n) is 17.4. The fourth-order valence-electron chi connectivity index (χ4n) is 3.12. The van der Waals surface area contributed by atoms with E-state index in [1.807, 2.05) is 6.07 Å². The van der Waals surface area contributed by atoms with Gasteiger partial charge >= 0.3 is 0 Å². The van der Waals surface area contributed by atoms with Crippen molar-refractivity contribution in [2.45, 2.75) is 12.8 Å². The summed E-state index contributed by atoms with van der Waals surface area (Å²) in [5.41, 5.74) is 7.67. The third-order valence-corrected chi connectivity index (χ3v) is 4.98. The van der Waals surface area contributed by atoms with Gasteiger partial charge in [-0.2, -0.15) is 0 Å². The van der Waals surface area contributed by atoms with E-state index in [0.29, 0.717) is 35.2 Å². The van der Waals surface area contributed by atoms with Gasteiger partial charge in [0.25, 0.3) is 5.91 Å². The monoisotopic (exact) mass is 408 g/mol. The summed E-state index contributed by atoms with van der Waals surface area (Å²) in [6.07, 6.45) is 5.48. The molecule has 0 unspecified atom stereocenters. The maximum absolute atomic E-state index is 12.6. The summed E-state index contributed by atoms with van der Waals surface area (Å²) >= 11 is 0. The molecule has 0 spiro atoms. The first-order valence-electron chi connectivity index (χ1n) is 9.69. The maximum atomic E-state index is 12.6. The van der Waals surface area contributed by atoms with Crippen LogP contribution in [0.4, 0.5) is 5.69 Å². The number of methoxy groups -OCH3 is 3. The summed E-state index contributed by atoms with van der Waals surface area (Å²) in [5.74, 6) is 1.72. The van der Waals surface area contributed by atoms with E-state index in [1.54, 1.807) is 44.6 Å². The molecule has 158 valence electrons. The number of nitrogens with one attached hydrogen (secondary N) is 1. The van der Waals surface area contributed by atoms with E-state index in [2.05, 4.69) is 5.32 Å². The molecule has 0 bridgehead atoms. The maximum Gasteiger partial charge on any atom is 0.255 e. The quantitative estimate of drug-likeness (QED) is 0.488. The average Bonchev–Trinajstić information content (AvgIpc) is 3.59. The fraction of sp³-hybridized carbons (Fsp3) is 0.304. The molecular formula is C23H26N3O4-. The molecule has 1 fully saturated rings. The van der Waals surface area contributed by atoms with Gasteiger partial charge in [0, 0.05) is 17.8 Å². The van der Waals surface area contributed by atoms with Crippen molar-refractivity contribution in [1.29, 1.82) is 0 Å². The van der Waals surface area contributed by atoms with Crippen LogP contribution >= 0.6 is 0 Å². The van der Waals surface area contributed by atoms with E-state index in [1.165, 1.54) is 13.2 Å². The molecule has 1 aliphatic carbocycles. The van der Waals surface area contributed by atoms with Gasteiger partial charge in [-0.3, -0.25) is 4.79 Å². The second kappa shape index (κ2) is 9.35. The normalized spacial score (nSPS) is 13.2. The summed E-state index contributed by atoms with van der Waals surface area (Å²) < 4.78 is 16.0. The minimum absolute atomic E-state index is 0.115. The van der Waals surface area contributed by atoms with Crippen LogP contribution in [0.3, 0.4) is 0 Å². The fourth-order valence-corrected chi connectivity index (χ4v) is 3.12. The van der Waals surface area contributed by atoms with Gasteiger partial charge in [0.15, 0.2) is 11.5 Å². The number of benzene rings is 2. The Morgan fingerprint density at radius 3 is 2.50 bits per heavy atom. The topological polar surface area (TPSA) is 105 Å². The lowest BCUT2D eigenvalue weighted by Gasteiger charge is -2.19. The molecule has 7 nitrogen and oxygen atoms in total. The Hall–Kier alpha value is -3.48. The second-order valence-corrected chi connectivity index (χ2v) is 7.10. The third-order valence-electron chi connectivity index (χ3n) is 4.98. The van der Waals surface area contributed by atoms with Gasteiger partial charge in [-0.15, -0.1) is 5.71 Å². The van der Waals surface area contributed by atoms with Crippen molar-refractivity contribution < 1.29 is 19.0 Å². The predicted molar refractivity (Wildman–Crippen MR) is 119 cm³/mol. The number of amides is 1. The van der Waals surface area contributed by atoms with Crippen LogP contribution < -0.4 is 25.3 Å². The molecule has 3 rings (SSSR count). The van der Waals surface area contributed by atoms with Crippen LogP contribution in [0, 0.1) is 5.92 Å². The van der Waals surface area contributed by atoms with E-state index >= 15 is 0 Å². The van der Waals surface area contributed by atoms with Crippen molar-refractivity contribution in [3.05, 3.63) is 58.5 Å². The smallest absolute Gasteiger partial charge is 0.255 e. The number of nitrogens with zero attached hydrogens (tertiary/aromatic N) is 1. The van der Waals surface area contributed by atoms with Crippen LogP contribution in [-0.2, 0) is 0 Å². The lowest BCUT2D eigenvalue weighted by atomic mass is 10.0. The zero-order valence-corrected chi connectivity index (χ0v) is 17.4. The van der Waals surface area contributed by atoms with E-state index in [0.717, 1.165) is 18.4 Å². The number of nitrogens with two attached hydrogens (primary N) is 1. The molecule has 1 aliphatic rings. The molecule has 30 heavy (non-hydrogen) atoms. The summed E-state index contributed by atoms with van der Waals surface area (Å²) in [5, 5.41) is 13.6. The Morgan fingerprint density at radius 1 is 1.13 bits per heavy atom. The highest BCUT2D eigenvalue weighted by molar-refractivity contribution is 6.19. The Labute approximate surface area is 176 Å². The Morgan fingerprint density at radius 2 is 1.87 bits per heavy atom. The Bertz CT molecular complexity index is 981. The number of hydrogen-bond donors (Lipinski definition) is 2. The van der Waals surface area contributed by atoms with Gasteiger partial charge in [0.2, 0.25) is 0 Å². The number of nitrogen functional groups attached to an aromatic ring is 1. The second-order valence-electron chi connectivity index (χ2n) is 7.10. The highest BCUT2D eigenvalue weighted by Crippen LogP contribution is 2.32. The van der Waals surface area contributed by atoms with Crippen molar-refractivity contribution >= 4 is 23.4 Å². The van der Waals surface area contributed by atoms with E-state index < -0.39 is 0 Å². The van der Waals surface area contributed by atoms with E-state index in [-0.39, 0.29) is 22.9 Å². The van der Waals surface area contributed by atoms with Crippen LogP contribution in [0.25, 0.3) is 11.5 Å². The minimum atomic E-state index is -0.253. The molecule has 0 radical (unpaired) electrons. The zero-order chi connectivity index (χ0) is 21.7. The van der Waals surface area contributed by atoms with Gasteiger partial charge in [-0.1, -0.05) is 18.2 Å². The molecular weight excluding hydrogens is 382 g/mol. The van der Waals surface area contributed by atoms with Crippen molar-refractivity contribution in [3.63, 3.8) is 0 Å². The standard InChI is InChI=1S/C23H26N3O4/c1-28-19-11-7-14(12-20(19)29-2)6-9-17(24)21-18(25)10-8-16(22(21)30-3)23(27)26-13-15-4-5-15/h6-12,15H,4-5,13,25H2,1-3H3,(H,26,27)/q-1/b9-6+. The first kappa shape index (κ1) is 21.2. The molecule has 1 saturated carbocycles. The molecule has 0 heterocycles. The first-order valence-corrected chi connectivity index (χ1v) is 9.69. The third kappa shape index (κ3) is 4.74. The van der Waals surface area contributed by atoms with Crippen molar-refractivity contribution in [1.82, 2.24) is 5.32 Å². The van der Waals surface area contributed by atoms with Crippen LogP contribution in [0.2, 0.25) is 0 Å². The first-order chi connectivity index (χ1) is 14.5. The molecule has 3 N–H and O–H groups in total. The number of carbonyl (C=O) groups is 1. The Balaban J connectivity index is 1.86. The van der Waals surface area contributed by atoms with Crippen molar-refractivity contribution in [2.24, 2.45) is 5.92 Å². The molecule has 0 aliphatic heterocycles. The largest absolute Gasteiger partial charge is 0.803 e.